The minimum absolute atomic E-state index is 0. The maximum atomic E-state index is 11.3. The van der Waals surface area contributed by atoms with E-state index in [9.17, 15) is 4.79 Å². The van der Waals surface area contributed by atoms with Crippen LogP contribution in [0.5, 0.6) is 0 Å². The highest BCUT2D eigenvalue weighted by Crippen LogP contribution is 2.19. The molecule has 28 heavy (non-hydrogen) atoms. The molecule has 0 fully saturated rings. The molecule has 1 heterocycles. The molecule has 7 nitrogen and oxygen atoms in total. The molecule has 0 spiro atoms. The number of aliphatic imine (C=N–C) groups is 1. The minimum Gasteiger partial charge on any atom is -0.466 e. The number of aromatic nitrogens is 1. The summed E-state index contributed by atoms with van der Waals surface area (Å²) in [6.45, 7) is 8.06. The van der Waals surface area contributed by atoms with Crippen LogP contribution in [-0.4, -0.2) is 36.6 Å². The van der Waals surface area contributed by atoms with Gasteiger partial charge in [0, 0.05) is 25.1 Å². The smallest absolute Gasteiger partial charge is 0.305 e. The number of halogens is 1. The average molecular weight is 500 g/mol. The summed E-state index contributed by atoms with van der Waals surface area (Å²) in [6, 6.07) is 8.04. The Labute approximate surface area is 183 Å². The Morgan fingerprint density at radius 3 is 2.64 bits per heavy atom. The molecule has 0 bridgehead atoms. The van der Waals surface area contributed by atoms with E-state index >= 15 is 0 Å². The molecule has 0 saturated carbocycles. The summed E-state index contributed by atoms with van der Waals surface area (Å²) in [5.41, 5.74) is 2.90. The normalized spacial score (nSPS) is 10.9. The summed E-state index contributed by atoms with van der Waals surface area (Å²) >= 11 is 0. The average Bonchev–Trinajstić information content (AvgIpc) is 3.13. The van der Waals surface area contributed by atoms with Gasteiger partial charge in [0.2, 0.25) is 5.89 Å². The lowest BCUT2D eigenvalue weighted by molar-refractivity contribution is -0.143. The number of nitrogens with one attached hydrogen (secondary N) is 2. The fraction of sp³-hybridized carbons (Fsp3) is 0.450. The molecule has 0 aliphatic heterocycles. The van der Waals surface area contributed by atoms with E-state index in [4.69, 9.17) is 9.15 Å². The van der Waals surface area contributed by atoms with E-state index in [1.54, 1.807) is 13.2 Å². The van der Waals surface area contributed by atoms with Crippen molar-refractivity contribution < 1.29 is 13.9 Å². The molecule has 2 aromatic rings. The first-order valence-corrected chi connectivity index (χ1v) is 9.31. The van der Waals surface area contributed by atoms with Crippen molar-refractivity contribution in [3.63, 3.8) is 0 Å². The lowest BCUT2D eigenvalue weighted by atomic mass is 10.1. The van der Waals surface area contributed by atoms with E-state index in [-0.39, 0.29) is 29.9 Å². The fourth-order valence-corrected chi connectivity index (χ4v) is 2.38. The molecule has 0 unspecified atom stereocenters. The molecule has 2 rings (SSSR count). The van der Waals surface area contributed by atoms with E-state index in [2.05, 4.69) is 20.6 Å². The van der Waals surface area contributed by atoms with E-state index < -0.39 is 0 Å². The van der Waals surface area contributed by atoms with Crippen LogP contribution >= 0.6 is 24.0 Å². The van der Waals surface area contributed by atoms with Gasteiger partial charge in [0.25, 0.3) is 0 Å². The van der Waals surface area contributed by atoms with Crippen LogP contribution < -0.4 is 10.6 Å². The number of guanidine groups is 1. The summed E-state index contributed by atoms with van der Waals surface area (Å²) in [5.74, 6) is 1.10. The van der Waals surface area contributed by atoms with Crippen molar-refractivity contribution in [2.75, 3.05) is 19.7 Å². The Morgan fingerprint density at radius 1 is 1.21 bits per heavy atom. The zero-order valence-corrected chi connectivity index (χ0v) is 19.0. The summed E-state index contributed by atoms with van der Waals surface area (Å²) in [7, 11) is 0. The predicted molar refractivity (Wildman–Crippen MR) is 121 cm³/mol. The van der Waals surface area contributed by atoms with Crippen LogP contribution in [0, 0.1) is 6.92 Å². The zero-order chi connectivity index (χ0) is 19.5. The second-order valence-electron chi connectivity index (χ2n) is 6.04. The lowest BCUT2D eigenvalue weighted by Crippen LogP contribution is -2.37. The first-order chi connectivity index (χ1) is 13.1. The SMILES string of the molecule is CCNC(=NCc1coc(-c2ccc(C)cc2)n1)NCCCC(=O)OCC.I. The van der Waals surface area contributed by atoms with Gasteiger partial charge in [-0.1, -0.05) is 17.7 Å². The van der Waals surface area contributed by atoms with Crippen LogP contribution in [0.25, 0.3) is 11.5 Å². The number of ether oxygens (including phenoxy) is 1. The van der Waals surface area contributed by atoms with Gasteiger partial charge in [-0.05, 0) is 39.3 Å². The first-order valence-electron chi connectivity index (χ1n) is 9.31. The number of esters is 1. The lowest BCUT2D eigenvalue weighted by Gasteiger charge is -2.10. The first kappa shape index (κ1) is 23.9. The van der Waals surface area contributed by atoms with Crippen LogP contribution in [-0.2, 0) is 16.1 Å². The molecule has 0 aliphatic carbocycles. The van der Waals surface area contributed by atoms with Gasteiger partial charge in [0.1, 0.15) is 12.0 Å². The van der Waals surface area contributed by atoms with Gasteiger partial charge in [0.15, 0.2) is 5.96 Å². The molecule has 1 aromatic heterocycles. The standard InChI is InChI=1S/C20H28N4O3.HI/c1-4-21-20(22-12-6-7-18(25)26-5-2)23-13-17-14-27-19(24-17)16-10-8-15(3)9-11-16;/h8-11,14H,4-7,12-13H2,1-3H3,(H2,21,22,23);1H. The quantitative estimate of drug-likeness (QED) is 0.180. The molecular formula is C20H29IN4O3. The third-order valence-electron chi connectivity index (χ3n) is 3.75. The predicted octanol–water partition coefficient (Wildman–Crippen LogP) is 3.67. The summed E-state index contributed by atoms with van der Waals surface area (Å²) in [5, 5.41) is 6.38. The Morgan fingerprint density at radius 2 is 1.96 bits per heavy atom. The maximum Gasteiger partial charge on any atom is 0.305 e. The number of hydrogen-bond acceptors (Lipinski definition) is 5. The third-order valence-corrected chi connectivity index (χ3v) is 3.75. The Bertz CT molecular complexity index is 744. The van der Waals surface area contributed by atoms with Gasteiger partial charge >= 0.3 is 5.97 Å². The van der Waals surface area contributed by atoms with Gasteiger partial charge in [0.05, 0.1) is 13.2 Å². The molecule has 0 atom stereocenters. The number of carbonyl (C=O) groups is 1. The molecule has 0 saturated heterocycles. The second kappa shape index (κ2) is 13.1. The molecule has 1 aromatic carbocycles. The van der Waals surface area contributed by atoms with Crippen molar-refractivity contribution in [1.82, 2.24) is 15.6 Å². The highest BCUT2D eigenvalue weighted by Gasteiger charge is 2.07. The van der Waals surface area contributed by atoms with Gasteiger partial charge in [-0.25, -0.2) is 9.98 Å². The van der Waals surface area contributed by atoms with Crippen molar-refractivity contribution in [3.05, 3.63) is 41.8 Å². The molecule has 8 heteroatoms. The van der Waals surface area contributed by atoms with Crippen LogP contribution in [0.1, 0.15) is 37.9 Å². The van der Waals surface area contributed by atoms with Gasteiger partial charge < -0.3 is 19.8 Å². The number of rotatable bonds is 9. The molecular weight excluding hydrogens is 471 g/mol. The van der Waals surface area contributed by atoms with Gasteiger partial charge in [-0.2, -0.15) is 0 Å². The Balaban J connectivity index is 0.00000392. The van der Waals surface area contributed by atoms with Crippen LogP contribution in [0.15, 0.2) is 39.9 Å². The molecule has 0 radical (unpaired) electrons. The van der Waals surface area contributed by atoms with E-state index in [1.807, 2.05) is 38.1 Å². The highest BCUT2D eigenvalue weighted by atomic mass is 127. The maximum absolute atomic E-state index is 11.3. The summed E-state index contributed by atoms with van der Waals surface area (Å²) in [6.07, 6.45) is 2.71. The fourth-order valence-electron chi connectivity index (χ4n) is 2.38. The number of benzene rings is 1. The van der Waals surface area contributed by atoms with E-state index in [1.165, 1.54) is 5.56 Å². The third kappa shape index (κ3) is 8.28. The van der Waals surface area contributed by atoms with Gasteiger partial charge in [-0.15, -0.1) is 24.0 Å². The Hall–Kier alpha value is -2.10. The minimum atomic E-state index is -0.174. The largest absolute Gasteiger partial charge is 0.466 e. The van der Waals surface area contributed by atoms with E-state index in [0.717, 1.165) is 17.8 Å². The van der Waals surface area contributed by atoms with Crippen LogP contribution in [0.2, 0.25) is 0 Å². The molecule has 0 amide bonds. The summed E-state index contributed by atoms with van der Waals surface area (Å²) < 4.78 is 10.5. The van der Waals surface area contributed by atoms with Crippen molar-refractivity contribution in [2.45, 2.75) is 40.2 Å². The number of aryl methyl sites for hydroxylation is 1. The van der Waals surface area contributed by atoms with Crippen LogP contribution in [0.4, 0.5) is 0 Å². The zero-order valence-electron chi connectivity index (χ0n) is 16.7. The number of oxazole rings is 1. The van der Waals surface area contributed by atoms with Crippen molar-refractivity contribution in [2.24, 2.45) is 4.99 Å². The van der Waals surface area contributed by atoms with Gasteiger partial charge in [-0.3, -0.25) is 4.79 Å². The number of nitrogens with zero attached hydrogens (tertiary/aromatic N) is 2. The second-order valence-corrected chi connectivity index (χ2v) is 6.04. The highest BCUT2D eigenvalue weighted by molar-refractivity contribution is 14.0. The van der Waals surface area contributed by atoms with Crippen molar-refractivity contribution in [3.8, 4) is 11.5 Å². The Kier molecular flexibility index (Phi) is 11.2. The topological polar surface area (TPSA) is 88.8 Å². The van der Waals surface area contributed by atoms with Crippen molar-refractivity contribution >= 4 is 35.9 Å². The van der Waals surface area contributed by atoms with E-state index in [0.29, 0.717) is 44.4 Å². The van der Waals surface area contributed by atoms with Crippen molar-refractivity contribution in [1.29, 1.82) is 0 Å². The van der Waals surface area contributed by atoms with Crippen LogP contribution in [0.3, 0.4) is 0 Å². The number of carbonyl (C=O) groups excluding carboxylic acids is 1. The molecule has 0 aliphatic rings. The number of hydrogen-bond donors (Lipinski definition) is 2. The molecule has 154 valence electrons. The molecule has 2 N–H and O–H groups in total. The monoisotopic (exact) mass is 500 g/mol. The summed E-state index contributed by atoms with van der Waals surface area (Å²) in [4.78, 5) is 20.4.